The van der Waals surface area contributed by atoms with Crippen LogP contribution in [0.2, 0.25) is 0 Å². The van der Waals surface area contributed by atoms with E-state index in [1.165, 1.54) is 11.1 Å². The van der Waals surface area contributed by atoms with Gasteiger partial charge < -0.3 is 10.1 Å². The van der Waals surface area contributed by atoms with Gasteiger partial charge in [-0.1, -0.05) is 29.8 Å². The quantitative estimate of drug-likeness (QED) is 0.746. The highest BCUT2D eigenvalue weighted by molar-refractivity contribution is 5.22. The van der Waals surface area contributed by atoms with Crippen LogP contribution in [0, 0.1) is 6.92 Å². The number of nitrogens with zero attached hydrogens (tertiary/aromatic N) is 4. The van der Waals surface area contributed by atoms with Crippen LogP contribution in [0.25, 0.3) is 0 Å². The SMILES string of the molecule is COCCNCc1nnnn1Cc1cccc(C)c1. The summed E-state index contributed by atoms with van der Waals surface area (Å²) in [5.41, 5.74) is 2.44. The maximum absolute atomic E-state index is 4.98. The first-order chi connectivity index (χ1) is 9.29. The van der Waals surface area contributed by atoms with E-state index in [2.05, 4.69) is 46.0 Å². The molecule has 0 unspecified atom stereocenters. The van der Waals surface area contributed by atoms with E-state index in [0.717, 1.165) is 12.4 Å². The largest absolute Gasteiger partial charge is 0.383 e. The molecule has 102 valence electrons. The molecule has 0 saturated carbocycles. The zero-order valence-corrected chi connectivity index (χ0v) is 11.3. The van der Waals surface area contributed by atoms with E-state index in [1.54, 1.807) is 7.11 Å². The number of tetrazole rings is 1. The van der Waals surface area contributed by atoms with E-state index >= 15 is 0 Å². The van der Waals surface area contributed by atoms with Gasteiger partial charge in [-0.25, -0.2) is 4.68 Å². The fourth-order valence-electron chi connectivity index (χ4n) is 1.83. The smallest absolute Gasteiger partial charge is 0.165 e. The Kier molecular flexibility index (Phi) is 5.00. The van der Waals surface area contributed by atoms with Crippen LogP contribution in [0.1, 0.15) is 17.0 Å². The van der Waals surface area contributed by atoms with Crippen molar-refractivity contribution in [1.82, 2.24) is 25.5 Å². The van der Waals surface area contributed by atoms with E-state index < -0.39 is 0 Å². The highest BCUT2D eigenvalue weighted by Gasteiger charge is 2.06. The van der Waals surface area contributed by atoms with Gasteiger partial charge in [0.05, 0.1) is 19.7 Å². The first-order valence-electron chi connectivity index (χ1n) is 6.30. The summed E-state index contributed by atoms with van der Waals surface area (Å²) >= 11 is 0. The van der Waals surface area contributed by atoms with Gasteiger partial charge in [-0.3, -0.25) is 0 Å². The van der Waals surface area contributed by atoms with Crippen LogP contribution in [0.3, 0.4) is 0 Å². The predicted octanol–water partition coefficient (Wildman–Crippen LogP) is 0.766. The topological polar surface area (TPSA) is 64.9 Å². The van der Waals surface area contributed by atoms with E-state index in [1.807, 2.05) is 10.7 Å². The third-order valence-electron chi connectivity index (χ3n) is 2.79. The minimum Gasteiger partial charge on any atom is -0.383 e. The van der Waals surface area contributed by atoms with E-state index in [4.69, 9.17) is 4.74 Å². The van der Waals surface area contributed by atoms with Crippen LogP contribution in [0.4, 0.5) is 0 Å². The maximum atomic E-state index is 4.98. The third-order valence-corrected chi connectivity index (χ3v) is 2.79. The Morgan fingerprint density at radius 1 is 1.37 bits per heavy atom. The fraction of sp³-hybridized carbons (Fsp3) is 0.462. The van der Waals surface area contributed by atoms with Crippen LogP contribution in [0.5, 0.6) is 0 Å². The summed E-state index contributed by atoms with van der Waals surface area (Å²) in [6.45, 7) is 4.88. The molecule has 1 N–H and O–H groups in total. The summed E-state index contributed by atoms with van der Waals surface area (Å²) in [6, 6.07) is 8.35. The van der Waals surface area contributed by atoms with Crippen LogP contribution in [0.15, 0.2) is 24.3 Å². The predicted molar refractivity (Wildman–Crippen MR) is 71.7 cm³/mol. The zero-order valence-electron chi connectivity index (χ0n) is 11.3. The second-order valence-electron chi connectivity index (χ2n) is 4.41. The summed E-state index contributed by atoms with van der Waals surface area (Å²) < 4.78 is 6.79. The van der Waals surface area contributed by atoms with Gasteiger partial charge in [-0.05, 0) is 22.9 Å². The Morgan fingerprint density at radius 2 is 2.26 bits per heavy atom. The molecule has 0 amide bonds. The molecule has 0 atom stereocenters. The average Bonchev–Trinajstić information content (AvgIpc) is 2.82. The summed E-state index contributed by atoms with van der Waals surface area (Å²) in [7, 11) is 1.68. The standard InChI is InChI=1S/C13H19N5O/c1-11-4-3-5-12(8-11)10-18-13(15-16-17-18)9-14-6-7-19-2/h3-5,8,14H,6-7,9-10H2,1-2H3. The second kappa shape index (κ2) is 6.96. The van der Waals surface area contributed by atoms with Gasteiger partial charge >= 0.3 is 0 Å². The summed E-state index contributed by atoms with van der Waals surface area (Å²) in [5, 5.41) is 15.0. The molecule has 2 rings (SSSR count). The number of hydrogen-bond donors (Lipinski definition) is 1. The second-order valence-corrected chi connectivity index (χ2v) is 4.41. The molecule has 0 saturated heterocycles. The van der Waals surface area contributed by atoms with Gasteiger partial charge in [-0.15, -0.1) is 5.10 Å². The lowest BCUT2D eigenvalue weighted by Gasteiger charge is -2.06. The molecule has 2 aromatic rings. The Hall–Kier alpha value is -1.79. The third kappa shape index (κ3) is 4.11. The first kappa shape index (κ1) is 13.6. The molecule has 6 heteroatoms. The summed E-state index contributed by atoms with van der Waals surface area (Å²) in [4.78, 5) is 0. The van der Waals surface area contributed by atoms with Crippen molar-refractivity contribution >= 4 is 0 Å². The van der Waals surface area contributed by atoms with Gasteiger partial charge in [-0.2, -0.15) is 0 Å². The number of aromatic nitrogens is 4. The van der Waals surface area contributed by atoms with Gasteiger partial charge in [0.15, 0.2) is 5.82 Å². The molecule has 0 aliphatic carbocycles. The molecule has 0 aliphatic rings. The minimum atomic E-state index is 0.641. The highest BCUT2D eigenvalue weighted by atomic mass is 16.5. The van der Waals surface area contributed by atoms with Gasteiger partial charge in [0, 0.05) is 13.7 Å². The van der Waals surface area contributed by atoms with E-state index in [9.17, 15) is 0 Å². The number of methoxy groups -OCH3 is 1. The molecular formula is C13H19N5O. The molecule has 6 nitrogen and oxygen atoms in total. The van der Waals surface area contributed by atoms with Gasteiger partial charge in [0.2, 0.25) is 0 Å². The number of benzene rings is 1. The molecule has 1 aromatic carbocycles. The van der Waals surface area contributed by atoms with Crippen molar-refractivity contribution < 1.29 is 4.74 Å². The Labute approximate surface area is 112 Å². The van der Waals surface area contributed by atoms with Crippen LogP contribution in [-0.2, 0) is 17.8 Å². The van der Waals surface area contributed by atoms with Crippen molar-refractivity contribution in [3.05, 3.63) is 41.2 Å². The molecule has 0 radical (unpaired) electrons. The fourth-order valence-corrected chi connectivity index (χ4v) is 1.83. The lowest BCUT2D eigenvalue weighted by molar-refractivity contribution is 0.198. The van der Waals surface area contributed by atoms with Gasteiger partial charge in [0.25, 0.3) is 0 Å². The summed E-state index contributed by atoms with van der Waals surface area (Å²) in [5.74, 6) is 0.831. The Morgan fingerprint density at radius 3 is 3.05 bits per heavy atom. The molecule has 0 spiro atoms. The average molecular weight is 261 g/mol. The number of hydrogen-bond acceptors (Lipinski definition) is 5. The number of nitrogens with one attached hydrogen (secondary N) is 1. The van der Waals surface area contributed by atoms with Crippen LogP contribution < -0.4 is 5.32 Å². The lowest BCUT2D eigenvalue weighted by atomic mass is 10.1. The number of ether oxygens (including phenoxy) is 1. The maximum Gasteiger partial charge on any atom is 0.165 e. The Balaban J connectivity index is 1.95. The van der Waals surface area contributed by atoms with E-state index in [-0.39, 0.29) is 0 Å². The minimum absolute atomic E-state index is 0.641. The van der Waals surface area contributed by atoms with Crippen molar-refractivity contribution in [1.29, 1.82) is 0 Å². The normalized spacial score (nSPS) is 10.8. The van der Waals surface area contributed by atoms with Crippen molar-refractivity contribution in [3.63, 3.8) is 0 Å². The number of aryl methyl sites for hydroxylation is 1. The zero-order chi connectivity index (χ0) is 13.5. The van der Waals surface area contributed by atoms with Crippen molar-refractivity contribution in [3.8, 4) is 0 Å². The lowest BCUT2D eigenvalue weighted by Crippen LogP contribution is -2.21. The molecule has 19 heavy (non-hydrogen) atoms. The van der Waals surface area contributed by atoms with Gasteiger partial charge in [0.1, 0.15) is 0 Å². The first-order valence-corrected chi connectivity index (χ1v) is 6.30. The molecule has 0 bridgehead atoms. The van der Waals surface area contributed by atoms with Crippen molar-refractivity contribution in [2.45, 2.75) is 20.0 Å². The van der Waals surface area contributed by atoms with Crippen molar-refractivity contribution in [2.24, 2.45) is 0 Å². The molecular weight excluding hydrogens is 242 g/mol. The van der Waals surface area contributed by atoms with E-state index in [0.29, 0.717) is 19.7 Å². The van der Waals surface area contributed by atoms with Crippen LogP contribution in [-0.4, -0.2) is 40.5 Å². The monoisotopic (exact) mass is 261 g/mol. The molecule has 0 aliphatic heterocycles. The molecule has 0 fully saturated rings. The summed E-state index contributed by atoms with van der Waals surface area (Å²) in [6.07, 6.45) is 0. The number of rotatable bonds is 7. The highest BCUT2D eigenvalue weighted by Crippen LogP contribution is 2.06. The molecule has 1 heterocycles. The molecule has 1 aromatic heterocycles. The van der Waals surface area contributed by atoms with Crippen LogP contribution >= 0.6 is 0 Å². The van der Waals surface area contributed by atoms with Crippen molar-refractivity contribution in [2.75, 3.05) is 20.3 Å². The Bertz CT molecular complexity index is 511.